The van der Waals surface area contributed by atoms with E-state index in [0.717, 1.165) is 45.1 Å². The SMILES string of the molecule is CCN(CC)C(CNC(=NC)N1CCC(c2cnn(C)c2)C1)c1ccccc1.I. The molecule has 1 saturated heterocycles. The van der Waals surface area contributed by atoms with Crippen molar-refractivity contribution in [1.29, 1.82) is 0 Å². The smallest absolute Gasteiger partial charge is 0.193 e. The highest BCUT2D eigenvalue weighted by Crippen LogP contribution is 2.27. The van der Waals surface area contributed by atoms with Gasteiger partial charge in [0.2, 0.25) is 0 Å². The van der Waals surface area contributed by atoms with Crippen LogP contribution >= 0.6 is 24.0 Å². The summed E-state index contributed by atoms with van der Waals surface area (Å²) >= 11 is 0. The van der Waals surface area contributed by atoms with Crippen LogP contribution in [0.1, 0.15) is 43.4 Å². The van der Waals surface area contributed by atoms with Crippen LogP contribution in [0.4, 0.5) is 0 Å². The molecule has 29 heavy (non-hydrogen) atoms. The zero-order valence-electron chi connectivity index (χ0n) is 18.1. The van der Waals surface area contributed by atoms with E-state index in [-0.39, 0.29) is 24.0 Å². The van der Waals surface area contributed by atoms with Gasteiger partial charge in [-0.3, -0.25) is 14.6 Å². The van der Waals surface area contributed by atoms with Crippen molar-refractivity contribution in [2.24, 2.45) is 12.0 Å². The topological polar surface area (TPSA) is 48.7 Å². The van der Waals surface area contributed by atoms with Gasteiger partial charge < -0.3 is 10.2 Å². The Balaban J connectivity index is 0.00000300. The molecule has 2 atom stereocenters. The van der Waals surface area contributed by atoms with Gasteiger partial charge in [0, 0.05) is 45.8 Å². The Morgan fingerprint density at radius 1 is 1.28 bits per heavy atom. The van der Waals surface area contributed by atoms with Crippen LogP contribution in [0, 0.1) is 0 Å². The molecule has 1 fully saturated rings. The van der Waals surface area contributed by atoms with Crippen LogP contribution in [0.15, 0.2) is 47.7 Å². The van der Waals surface area contributed by atoms with Crippen LogP contribution in [0.25, 0.3) is 0 Å². The molecule has 7 heteroatoms. The van der Waals surface area contributed by atoms with Crippen LogP contribution in [0.5, 0.6) is 0 Å². The van der Waals surface area contributed by atoms with Gasteiger partial charge in [-0.1, -0.05) is 44.2 Å². The largest absolute Gasteiger partial charge is 0.354 e. The molecule has 1 aliphatic heterocycles. The average molecular weight is 510 g/mol. The second-order valence-corrected chi connectivity index (χ2v) is 7.45. The van der Waals surface area contributed by atoms with Crippen LogP contribution < -0.4 is 5.32 Å². The number of hydrogen-bond acceptors (Lipinski definition) is 3. The van der Waals surface area contributed by atoms with Crippen molar-refractivity contribution in [2.75, 3.05) is 39.8 Å². The molecule has 6 nitrogen and oxygen atoms in total. The molecule has 0 radical (unpaired) electrons. The summed E-state index contributed by atoms with van der Waals surface area (Å²) in [7, 11) is 3.86. The van der Waals surface area contributed by atoms with E-state index in [1.165, 1.54) is 11.1 Å². The Morgan fingerprint density at radius 3 is 2.59 bits per heavy atom. The molecule has 0 bridgehead atoms. The van der Waals surface area contributed by atoms with Gasteiger partial charge in [-0.2, -0.15) is 5.10 Å². The van der Waals surface area contributed by atoms with E-state index in [4.69, 9.17) is 0 Å². The van der Waals surface area contributed by atoms with E-state index in [9.17, 15) is 0 Å². The number of benzene rings is 1. The van der Waals surface area contributed by atoms with Crippen LogP contribution in [-0.4, -0.2) is 65.3 Å². The number of halogens is 1. The van der Waals surface area contributed by atoms with E-state index < -0.39 is 0 Å². The molecule has 1 aliphatic rings. The Morgan fingerprint density at radius 2 is 2.00 bits per heavy atom. The van der Waals surface area contributed by atoms with E-state index in [0.29, 0.717) is 12.0 Å². The molecule has 1 aromatic carbocycles. The summed E-state index contributed by atoms with van der Waals surface area (Å²) in [6.45, 7) is 9.40. The molecule has 1 N–H and O–H groups in total. The number of hydrogen-bond donors (Lipinski definition) is 1. The van der Waals surface area contributed by atoms with Crippen molar-refractivity contribution in [1.82, 2.24) is 24.9 Å². The lowest BCUT2D eigenvalue weighted by Crippen LogP contribution is -2.44. The lowest BCUT2D eigenvalue weighted by molar-refractivity contribution is 0.218. The Bertz CT molecular complexity index is 756. The lowest BCUT2D eigenvalue weighted by atomic mass is 10.0. The number of aromatic nitrogens is 2. The summed E-state index contributed by atoms with van der Waals surface area (Å²) in [5.41, 5.74) is 2.68. The number of guanidine groups is 1. The first-order valence-corrected chi connectivity index (χ1v) is 10.4. The van der Waals surface area contributed by atoms with Gasteiger partial charge in [0.25, 0.3) is 0 Å². The first-order chi connectivity index (χ1) is 13.7. The summed E-state index contributed by atoms with van der Waals surface area (Å²) in [5, 5.41) is 7.98. The summed E-state index contributed by atoms with van der Waals surface area (Å²) < 4.78 is 1.89. The fourth-order valence-corrected chi connectivity index (χ4v) is 4.19. The molecule has 2 unspecified atom stereocenters. The number of aliphatic imine (C=N–C) groups is 1. The Kier molecular flexibility index (Phi) is 9.42. The fourth-order valence-electron chi connectivity index (χ4n) is 4.19. The summed E-state index contributed by atoms with van der Waals surface area (Å²) in [6, 6.07) is 11.1. The quantitative estimate of drug-likeness (QED) is 0.352. The zero-order chi connectivity index (χ0) is 19.9. The lowest BCUT2D eigenvalue weighted by Gasteiger charge is -2.32. The highest BCUT2D eigenvalue weighted by molar-refractivity contribution is 14.0. The number of likely N-dealkylation sites (tertiary alicyclic amines) is 1. The molecule has 0 amide bonds. The van der Waals surface area contributed by atoms with E-state index >= 15 is 0 Å². The maximum atomic E-state index is 4.57. The van der Waals surface area contributed by atoms with Gasteiger partial charge in [0.05, 0.1) is 12.2 Å². The van der Waals surface area contributed by atoms with Gasteiger partial charge in [-0.15, -0.1) is 24.0 Å². The monoisotopic (exact) mass is 510 g/mol. The molecule has 0 spiro atoms. The maximum absolute atomic E-state index is 4.57. The molecule has 2 aromatic rings. The molecule has 1 aromatic heterocycles. The normalized spacial score (nSPS) is 18.0. The number of nitrogens with zero attached hydrogens (tertiary/aromatic N) is 5. The van der Waals surface area contributed by atoms with Gasteiger partial charge in [-0.05, 0) is 30.6 Å². The molecular formula is C22H35IN6. The van der Waals surface area contributed by atoms with Crippen LogP contribution in [0.2, 0.25) is 0 Å². The van der Waals surface area contributed by atoms with Crippen LogP contribution in [0.3, 0.4) is 0 Å². The third kappa shape index (κ3) is 5.94. The second-order valence-electron chi connectivity index (χ2n) is 7.45. The highest BCUT2D eigenvalue weighted by Gasteiger charge is 2.27. The number of likely N-dealkylation sites (N-methyl/N-ethyl adjacent to an activating group) is 1. The first-order valence-electron chi connectivity index (χ1n) is 10.4. The first kappa shape index (κ1) is 23.7. The van der Waals surface area contributed by atoms with Gasteiger partial charge in [0.1, 0.15) is 0 Å². The minimum absolute atomic E-state index is 0. The minimum atomic E-state index is 0. The Labute approximate surface area is 192 Å². The Hall–Kier alpha value is -1.61. The summed E-state index contributed by atoms with van der Waals surface area (Å²) in [6.07, 6.45) is 5.27. The second kappa shape index (κ2) is 11.5. The number of rotatable bonds is 7. The van der Waals surface area contributed by atoms with Gasteiger partial charge >= 0.3 is 0 Å². The zero-order valence-corrected chi connectivity index (χ0v) is 20.4. The molecule has 0 aliphatic carbocycles. The van der Waals surface area contributed by atoms with Crippen LogP contribution in [-0.2, 0) is 7.05 Å². The summed E-state index contributed by atoms with van der Waals surface area (Å²) in [5.74, 6) is 1.53. The predicted octanol–water partition coefficient (Wildman–Crippen LogP) is 3.49. The molecule has 3 rings (SSSR count). The molecule has 160 valence electrons. The van der Waals surface area contributed by atoms with Gasteiger partial charge in [-0.25, -0.2) is 0 Å². The molecule has 0 saturated carbocycles. The predicted molar refractivity (Wildman–Crippen MR) is 131 cm³/mol. The van der Waals surface area contributed by atoms with E-state index in [1.807, 2.05) is 25.0 Å². The fraction of sp³-hybridized carbons (Fsp3) is 0.545. The minimum Gasteiger partial charge on any atom is -0.354 e. The summed E-state index contributed by atoms with van der Waals surface area (Å²) in [4.78, 5) is 9.45. The van der Waals surface area contributed by atoms with Crippen molar-refractivity contribution >= 4 is 29.9 Å². The van der Waals surface area contributed by atoms with Crippen molar-refractivity contribution < 1.29 is 0 Å². The maximum Gasteiger partial charge on any atom is 0.193 e. The molecular weight excluding hydrogens is 475 g/mol. The third-order valence-electron chi connectivity index (χ3n) is 5.79. The third-order valence-corrected chi connectivity index (χ3v) is 5.79. The van der Waals surface area contributed by atoms with Gasteiger partial charge in [0.15, 0.2) is 5.96 Å². The number of aryl methyl sites for hydroxylation is 1. The standard InChI is InChI=1S/C22H34N6.HI/c1-5-27(6-2)21(18-10-8-7-9-11-18)15-24-22(23-3)28-13-12-19(17-28)20-14-25-26(4)16-20;/h7-11,14,16,19,21H,5-6,12-13,15,17H2,1-4H3,(H,23,24);1H. The number of nitrogens with one attached hydrogen (secondary N) is 1. The van der Waals surface area contributed by atoms with Crippen molar-refractivity contribution in [3.63, 3.8) is 0 Å². The van der Waals surface area contributed by atoms with E-state index in [1.54, 1.807) is 0 Å². The molecule has 2 heterocycles. The van der Waals surface area contributed by atoms with Crippen molar-refractivity contribution in [2.45, 2.75) is 32.2 Å². The van der Waals surface area contributed by atoms with E-state index in [2.05, 4.69) is 75.6 Å². The highest BCUT2D eigenvalue weighted by atomic mass is 127. The van der Waals surface area contributed by atoms with Crippen molar-refractivity contribution in [3.05, 3.63) is 53.9 Å². The average Bonchev–Trinajstić information content (AvgIpc) is 3.38. The van der Waals surface area contributed by atoms with Crippen molar-refractivity contribution in [3.8, 4) is 0 Å².